The fourth-order valence-corrected chi connectivity index (χ4v) is 2.84. The normalized spacial score (nSPS) is 10.5. The molecule has 1 nitrogen and oxygen atoms in total. The molecule has 3 rings (SSSR count). The molecular formula is C22H20O. The summed E-state index contributed by atoms with van der Waals surface area (Å²) in [6, 6.07) is 24.2. The second-order valence-corrected chi connectivity index (χ2v) is 5.97. The van der Waals surface area contributed by atoms with Gasteiger partial charge in [-0.05, 0) is 43.0 Å². The number of hydrogen-bond donors (Lipinski definition) is 0. The molecule has 0 fully saturated rings. The van der Waals surface area contributed by atoms with Crippen molar-refractivity contribution in [3.8, 4) is 0 Å². The van der Waals surface area contributed by atoms with Crippen molar-refractivity contribution in [1.29, 1.82) is 0 Å². The van der Waals surface area contributed by atoms with E-state index in [1.807, 2.05) is 74.5 Å². The van der Waals surface area contributed by atoms with E-state index in [1.165, 1.54) is 5.56 Å². The zero-order valence-corrected chi connectivity index (χ0v) is 13.5. The fourth-order valence-electron chi connectivity index (χ4n) is 2.84. The summed E-state index contributed by atoms with van der Waals surface area (Å²) in [5, 5.41) is 0. The molecule has 0 atom stereocenters. The van der Waals surface area contributed by atoms with Gasteiger partial charge in [-0.15, -0.1) is 0 Å². The standard InChI is InChI=1S/C22H20O/c1-16-12-13-17(2)21(14-16)22(23)20-11-7-6-10-19(20)15-18-8-4-3-5-9-18/h3-14H,15H2,1-2H3. The molecule has 0 saturated carbocycles. The van der Waals surface area contributed by atoms with Crippen LogP contribution in [0, 0.1) is 13.8 Å². The molecule has 23 heavy (non-hydrogen) atoms. The molecule has 1 heteroatoms. The predicted molar refractivity (Wildman–Crippen MR) is 95.0 cm³/mol. The van der Waals surface area contributed by atoms with Crippen LogP contribution in [0.1, 0.15) is 38.2 Å². The number of aryl methyl sites for hydroxylation is 2. The third-order valence-corrected chi connectivity index (χ3v) is 4.14. The van der Waals surface area contributed by atoms with Crippen molar-refractivity contribution in [2.45, 2.75) is 20.3 Å². The first kappa shape index (κ1) is 15.2. The van der Waals surface area contributed by atoms with Crippen molar-refractivity contribution in [1.82, 2.24) is 0 Å². The van der Waals surface area contributed by atoms with E-state index in [9.17, 15) is 4.79 Å². The summed E-state index contributed by atoms with van der Waals surface area (Å²) < 4.78 is 0. The molecule has 0 aromatic heterocycles. The van der Waals surface area contributed by atoms with E-state index in [-0.39, 0.29) is 5.78 Å². The topological polar surface area (TPSA) is 17.1 Å². The maximum absolute atomic E-state index is 13.0. The molecule has 3 aromatic carbocycles. The fraction of sp³-hybridized carbons (Fsp3) is 0.136. The second kappa shape index (κ2) is 6.62. The molecule has 0 amide bonds. The van der Waals surface area contributed by atoms with Crippen LogP contribution in [-0.4, -0.2) is 5.78 Å². The van der Waals surface area contributed by atoms with Gasteiger partial charge in [0, 0.05) is 11.1 Å². The number of hydrogen-bond acceptors (Lipinski definition) is 1. The van der Waals surface area contributed by atoms with Crippen LogP contribution < -0.4 is 0 Å². The van der Waals surface area contributed by atoms with Gasteiger partial charge in [0.25, 0.3) is 0 Å². The number of rotatable bonds is 4. The molecule has 0 aliphatic carbocycles. The quantitative estimate of drug-likeness (QED) is 0.611. The van der Waals surface area contributed by atoms with Crippen LogP contribution in [0.4, 0.5) is 0 Å². The Morgan fingerprint density at radius 3 is 2.26 bits per heavy atom. The third kappa shape index (κ3) is 3.40. The first-order valence-corrected chi connectivity index (χ1v) is 7.89. The van der Waals surface area contributed by atoms with Gasteiger partial charge in [0.1, 0.15) is 0 Å². The highest BCUT2D eigenvalue weighted by atomic mass is 16.1. The highest BCUT2D eigenvalue weighted by Gasteiger charge is 2.15. The van der Waals surface area contributed by atoms with E-state index in [2.05, 4.69) is 12.1 Å². The largest absolute Gasteiger partial charge is 0.289 e. The minimum atomic E-state index is 0.109. The van der Waals surface area contributed by atoms with Gasteiger partial charge >= 0.3 is 0 Å². The van der Waals surface area contributed by atoms with Gasteiger partial charge in [-0.2, -0.15) is 0 Å². The molecule has 0 unspecified atom stereocenters. The minimum absolute atomic E-state index is 0.109. The Balaban J connectivity index is 2.00. The van der Waals surface area contributed by atoms with E-state index in [0.29, 0.717) is 0 Å². The van der Waals surface area contributed by atoms with Crippen LogP contribution in [0.15, 0.2) is 72.8 Å². The molecule has 0 heterocycles. The minimum Gasteiger partial charge on any atom is -0.289 e. The maximum Gasteiger partial charge on any atom is 0.193 e. The van der Waals surface area contributed by atoms with Gasteiger partial charge < -0.3 is 0 Å². The molecule has 0 N–H and O–H groups in total. The molecule has 0 aliphatic rings. The first-order valence-electron chi connectivity index (χ1n) is 7.89. The van der Waals surface area contributed by atoms with Crippen LogP contribution >= 0.6 is 0 Å². The number of benzene rings is 3. The summed E-state index contributed by atoms with van der Waals surface area (Å²) in [6.07, 6.45) is 0.771. The van der Waals surface area contributed by atoms with Crippen molar-refractivity contribution in [2.75, 3.05) is 0 Å². The Bertz CT molecular complexity index is 832. The van der Waals surface area contributed by atoms with Gasteiger partial charge in [-0.3, -0.25) is 4.79 Å². The van der Waals surface area contributed by atoms with Crippen LogP contribution in [0.2, 0.25) is 0 Å². The summed E-state index contributed by atoms with van der Waals surface area (Å²) in [5.41, 5.74) is 6.02. The first-order chi connectivity index (χ1) is 11.1. The lowest BCUT2D eigenvalue weighted by Gasteiger charge is -2.11. The monoisotopic (exact) mass is 300 g/mol. The van der Waals surface area contributed by atoms with Gasteiger partial charge in [0.05, 0.1) is 0 Å². The third-order valence-electron chi connectivity index (χ3n) is 4.14. The van der Waals surface area contributed by atoms with Crippen LogP contribution in [0.5, 0.6) is 0 Å². The summed E-state index contributed by atoms with van der Waals surface area (Å²) in [6.45, 7) is 4.01. The Kier molecular flexibility index (Phi) is 4.38. The average Bonchev–Trinajstić information content (AvgIpc) is 2.58. The maximum atomic E-state index is 13.0. The van der Waals surface area contributed by atoms with Crippen molar-refractivity contribution in [3.63, 3.8) is 0 Å². The molecule has 0 bridgehead atoms. The Morgan fingerprint density at radius 1 is 0.783 bits per heavy atom. The molecule has 3 aromatic rings. The van der Waals surface area contributed by atoms with Gasteiger partial charge in [0.15, 0.2) is 5.78 Å². The zero-order valence-electron chi connectivity index (χ0n) is 13.5. The SMILES string of the molecule is Cc1ccc(C)c(C(=O)c2ccccc2Cc2ccccc2)c1. The lowest BCUT2D eigenvalue weighted by molar-refractivity contribution is 0.103. The Labute approximate surface area is 137 Å². The average molecular weight is 300 g/mol. The zero-order chi connectivity index (χ0) is 16.2. The molecule has 0 radical (unpaired) electrons. The van der Waals surface area contributed by atoms with Crippen molar-refractivity contribution < 1.29 is 4.79 Å². The summed E-state index contributed by atoms with van der Waals surface area (Å²) in [5.74, 6) is 0.109. The molecule has 0 spiro atoms. The van der Waals surface area contributed by atoms with Gasteiger partial charge in [-0.25, -0.2) is 0 Å². The highest BCUT2D eigenvalue weighted by Crippen LogP contribution is 2.21. The molecular weight excluding hydrogens is 280 g/mol. The van der Waals surface area contributed by atoms with Crippen LogP contribution in [0.3, 0.4) is 0 Å². The summed E-state index contributed by atoms with van der Waals surface area (Å²) >= 11 is 0. The summed E-state index contributed by atoms with van der Waals surface area (Å²) in [7, 11) is 0. The lowest BCUT2D eigenvalue weighted by Crippen LogP contribution is -2.08. The number of carbonyl (C=O) groups excluding carboxylic acids is 1. The van der Waals surface area contributed by atoms with E-state index in [4.69, 9.17) is 0 Å². The smallest absolute Gasteiger partial charge is 0.193 e. The molecule has 0 saturated heterocycles. The van der Waals surface area contributed by atoms with Crippen molar-refractivity contribution in [2.24, 2.45) is 0 Å². The summed E-state index contributed by atoms with van der Waals surface area (Å²) in [4.78, 5) is 13.0. The van der Waals surface area contributed by atoms with Gasteiger partial charge in [-0.1, -0.05) is 72.3 Å². The van der Waals surface area contributed by atoms with E-state index < -0.39 is 0 Å². The van der Waals surface area contributed by atoms with E-state index >= 15 is 0 Å². The molecule has 0 aliphatic heterocycles. The highest BCUT2D eigenvalue weighted by molar-refractivity contribution is 6.10. The van der Waals surface area contributed by atoms with E-state index in [1.54, 1.807) is 0 Å². The van der Waals surface area contributed by atoms with Gasteiger partial charge in [0.2, 0.25) is 0 Å². The second-order valence-electron chi connectivity index (χ2n) is 5.97. The van der Waals surface area contributed by atoms with Crippen LogP contribution in [0.25, 0.3) is 0 Å². The number of ketones is 1. The Morgan fingerprint density at radius 2 is 1.48 bits per heavy atom. The van der Waals surface area contributed by atoms with E-state index in [0.717, 1.165) is 34.2 Å². The number of carbonyl (C=O) groups is 1. The lowest BCUT2D eigenvalue weighted by atomic mass is 9.92. The van der Waals surface area contributed by atoms with Crippen molar-refractivity contribution >= 4 is 5.78 Å². The van der Waals surface area contributed by atoms with Crippen molar-refractivity contribution in [3.05, 3.63) is 106 Å². The molecule has 114 valence electrons. The Hall–Kier alpha value is -2.67. The predicted octanol–water partition coefficient (Wildman–Crippen LogP) is 5.13. The van der Waals surface area contributed by atoms with Crippen LogP contribution in [-0.2, 0) is 6.42 Å².